The summed E-state index contributed by atoms with van der Waals surface area (Å²) in [4.78, 5) is 17.5. The smallest absolute Gasteiger partial charge is 0.363 e. The number of carbonyl (C=O) groups is 1. The van der Waals surface area contributed by atoms with E-state index in [9.17, 15) is 4.79 Å². The van der Waals surface area contributed by atoms with Crippen LogP contribution < -0.4 is 14.2 Å². The normalized spacial score (nSPS) is 12.4. The molecule has 0 spiro atoms. The molecule has 0 aliphatic carbocycles. The topological polar surface area (TPSA) is 57.7 Å². The summed E-state index contributed by atoms with van der Waals surface area (Å²) >= 11 is 3.00. The molecule has 0 saturated carbocycles. The second-order valence-corrected chi connectivity index (χ2v) is 6.23. The second-order valence-electron chi connectivity index (χ2n) is 4.42. The molecule has 1 aliphatic rings. The van der Waals surface area contributed by atoms with Crippen LogP contribution in [0.5, 0.6) is 17.2 Å². The number of esters is 1. The van der Waals surface area contributed by atoms with Crippen LogP contribution in [0, 0.1) is 0 Å². The number of nitrogens with zero attached hydrogens (tertiary/aromatic N) is 1. The Morgan fingerprint density at radius 3 is 2.95 bits per heavy atom. The van der Waals surface area contributed by atoms with Crippen LogP contribution in [0.25, 0.3) is 9.88 Å². The Kier molecular flexibility index (Phi) is 3.28. The van der Waals surface area contributed by atoms with Crippen LogP contribution >= 0.6 is 22.7 Å². The zero-order valence-corrected chi connectivity index (χ0v) is 12.8. The zero-order chi connectivity index (χ0) is 14.9. The van der Waals surface area contributed by atoms with Crippen LogP contribution in [0.1, 0.15) is 10.5 Å². The molecule has 0 atom stereocenters. The molecule has 0 unspecified atom stereocenters. The molecule has 22 heavy (non-hydrogen) atoms. The van der Waals surface area contributed by atoms with E-state index in [1.807, 2.05) is 17.5 Å². The van der Waals surface area contributed by atoms with Gasteiger partial charge in [0.25, 0.3) is 0 Å². The van der Waals surface area contributed by atoms with E-state index < -0.39 is 5.97 Å². The summed E-state index contributed by atoms with van der Waals surface area (Å²) in [6.07, 6.45) is 0. The number of aromatic nitrogens is 1. The predicted molar refractivity (Wildman–Crippen MR) is 83.0 cm³/mol. The highest BCUT2D eigenvalue weighted by molar-refractivity contribution is 7.20. The summed E-state index contributed by atoms with van der Waals surface area (Å²) in [5.41, 5.74) is 0.297. The molecule has 1 aliphatic heterocycles. The van der Waals surface area contributed by atoms with Gasteiger partial charge in [0, 0.05) is 11.4 Å². The minimum absolute atomic E-state index is 0.184. The molecule has 1 aromatic carbocycles. The number of benzene rings is 1. The van der Waals surface area contributed by atoms with Crippen molar-refractivity contribution in [3.8, 4) is 27.1 Å². The van der Waals surface area contributed by atoms with E-state index in [-0.39, 0.29) is 6.79 Å². The Morgan fingerprint density at radius 2 is 2.09 bits per heavy atom. The number of hydrogen-bond acceptors (Lipinski definition) is 7. The standard InChI is InChI=1S/C15H9NO4S2/c17-15(10-7-22-14(16-10)13-2-1-5-21-13)20-9-3-4-11-12(6-9)19-8-18-11/h1-7H,8H2. The van der Waals surface area contributed by atoms with Gasteiger partial charge >= 0.3 is 5.97 Å². The van der Waals surface area contributed by atoms with E-state index in [0.29, 0.717) is 22.9 Å². The van der Waals surface area contributed by atoms with Gasteiger partial charge in [-0.2, -0.15) is 0 Å². The molecule has 2 aromatic heterocycles. The second kappa shape index (κ2) is 5.43. The summed E-state index contributed by atoms with van der Waals surface area (Å²) in [6.45, 7) is 0.184. The molecular weight excluding hydrogens is 322 g/mol. The largest absolute Gasteiger partial charge is 0.454 e. The quantitative estimate of drug-likeness (QED) is 0.539. The maximum atomic E-state index is 12.2. The van der Waals surface area contributed by atoms with Crippen LogP contribution in [0.15, 0.2) is 41.1 Å². The number of thiophene rings is 1. The van der Waals surface area contributed by atoms with E-state index in [4.69, 9.17) is 14.2 Å². The van der Waals surface area contributed by atoms with E-state index >= 15 is 0 Å². The SMILES string of the molecule is O=C(Oc1ccc2c(c1)OCO2)c1csc(-c2cccs2)n1. The molecule has 3 aromatic rings. The molecule has 4 rings (SSSR count). The maximum Gasteiger partial charge on any atom is 0.363 e. The molecule has 0 fully saturated rings. The monoisotopic (exact) mass is 331 g/mol. The fraction of sp³-hybridized carbons (Fsp3) is 0.0667. The fourth-order valence-electron chi connectivity index (χ4n) is 1.98. The third kappa shape index (κ3) is 2.44. The Balaban J connectivity index is 1.53. The predicted octanol–water partition coefficient (Wildman–Crippen LogP) is 3.82. The maximum absolute atomic E-state index is 12.2. The third-order valence-electron chi connectivity index (χ3n) is 3.00. The molecule has 7 heteroatoms. The first-order valence-electron chi connectivity index (χ1n) is 6.41. The van der Waals surface area contributed by atoms with E-state index in [2.05, 4.69) is 4.98 Å². The number of rotatable bonds is 3. The highest BCUT2D eigenvalue weighted by Gasteiger charge is 2.18. The first-order valence-corrected chi connectivity index (χ1v) is 8.17. The van der Waals surface area contributed by atoms with E-state index in [1.165, 1.54) is 11.3 Å². The fourth-order valence-corrected chi connectivity index (χ4v) is 3.58. The lowest BCUT2D eigenvalue weighted by atomic mass is 10.3. The average molecular weight is 331 g/mol. The van der Waals surface area contributed by atoms with Crippen molar-refractivity contribution in [2.75, 3.05) is 6.79 Å². The highest BCUT2D eigenvalue weighted by Crippen LogP contribution is 2.35. The summed E-state index contributed by atoms with van der Waals surface area (Å²) in [6, 6.07) is 8.93. The van der Waals surface area contributed by atoms with Crippen LogP contribution in [0.2, 0.25) is 0 Å². The van der Waals surface area contributed by atoms with Gasteiger partial charge in [0.1, 0.15) is 10.8 Å². The molecule has 0 saturated heterocycles. The molecule has 3 heterocycles. The van der Waals surface area contributed by atoms with Gasteiger partial charge in [-0.15, -0.1) is 22.7 Å². The van der Waals surface area contributed by atoms with Crippen LogP contribution in [-0.2, 0) is 0 Å². The molecule has 0 radical (unpaired) electrons. The van der Waals surface area contributed by atoms with Gasteiger partial charge in [-0.1, -0.05) is 6.07 Å². The summed E-state index contributed by atoms with van der Waals surface area (Å²) < 4.78 is 15.8. The van der Waals surface area contributed by atoms with Crippen molar-refractivity contribution in [1.82, 2.24) is 4.98 Å². The minimum atomic E-state index is -0.488. The molecular formula is C15H9NO4S2. The number of hydrogen-bond donors (Lipinski definition) is 0. The average Bonchev–Trinajstić information content (AvgIpc) is 3.26. The van der Waals surface area contributed by atoms with Crippen molar-refractivity contribution in [3.63, 3.8) is 0 Å². The van der Waals surface area contributed by atoms with Gasteiger partial charge in [-0.3, -0.25) is 0 Å². The minimum Gasteiger partial charge on any atom is -0.454 e. The van der Waals surface area contributed by atoms with Gasteiger partial charge in [0.2, 0.25) is 6.79 Å². The van der Waals surface area contributed by atoms with Gasteiger partial charge in [-0.25, -0.2) is 9.78 Å². The number of thiazole rings is 1. The third-order valence-corrected chi connectivity index (χ3v) is 4.88. The van der Waals surface area contributed by atoms with Crippen molar-refractivity contribution in [2.45, 2.75) is 0 Å². The summed E-state index contributed by atoms with van der Waals surface area (Å²) in [5.74, 6) is 1.13. The van der Waals surface area contributed by atoms with Crippen molar-refractivity contribution < 1.29 is 19.0 Å². The lowest BCUT2D eigenvalue weighted by Crippen LogP contribution is -2.08. The molecule has 0 N–H and O–H groups in total. The number of carbonyl (C=O) groups excluding carboxylic acids is 1. The Morgan fingerprint density at radius 1 is 1.18 bits per heavy atom. The van der Waals surface area contributed by atoms with E-state index in [0.717, 1.165) is 9.88 Å². The van der Waals surface area contributed by atoms with E-state index in [1.54, 1.807) is 34.9 Å². The van der Waals surface area contributed by atoms with Crippen LogP contribution in [0.3, 0.4) is 0 Å². The van der Waals surface area contributed by atoms with Gasteiger partial charge in [-0.05, 0) is 23.6 Å². The van der Waals surface area contributed by atoms with Crippen LogP contribution in [-0.4, -0.2) is 17.7 Å². The molecule has 110 valence electrons. The first-order chi connectivity index (χ1) is 10.8. The van der Waals surface area contributed by atoms with Gasteiger partial charge in [0.15, 0.2) is 17.2 Å². The van der Waals surface area contributed by atoms with Crippen molar-refractivity contribution in [1.29, 1.82) is 0 Å². The Hall–Kier alpha value is -2.38. The Labute approximate surface area is 133 Å². The lowest BCUT2D eigenvalue weighted by molar-refractivity contribution is 0.0729. The zero-order valence-electron chi connectivity index (χ0n) is 11.1. The summed E-state index contributed by atoms with van der Waals surface area (Å²) in [5, 5.41) is 4.48. The Bertz CT molecular complexity index is 826. The molecule has 5 nitrogen and oxygen atoms in total. The van der Waals surface area contributed by atoms with Gasteiger partial charge < -0.3 is 14.2 Å². The molecule has 0 bridgehead atoms. The van der Waals surface area contributed by atoms with Crippen molar-refractivity contribution >= 4 is 28.6 Å². The highest BCUT2D eigenvalue weighted by atomic mass is 32.1. The van der Waals surface area contributed by atoms with Gasteiger partial charge in [0.05, 0.1) is 4.88 Å². The summed E-state index contributed by atoms with van der Waals surface area (Å²) in [7, 11) is 0. The van der Waals surface area contributed by atoms with Crippen LogP contribution in [0.4, 0.5) is 0 Å². The van der Waals surface area contributed by atoms with Crippen molar-refractivity contribution in [2.24, 2.45) is 0 Å². The van der Waals surface area contributed by atoms with Crippen molar-refractivity contribution in [3.05, 3.63) is 46.8 Å². The number of fused-ring (bicyclic) bond motifs is 1. The first kappa shape index (κ1) is 13.3. The lowest BCUT2D eigenvalue weighted by Gasteiger charge is -2.03. The number of ether oxygens (including phenoxy) is 3. The molecule has 0 amide bonds.